The molecule has 166 valence electrons. The first-order valence-electron chi connectivity index (χ1n) is 10.0. The van der Waals surface area contributed by atoms with Crippen LogP contribution in [0.25, 0.3) is 0 Å². The molecule has 0 aromatic heterocycles. The Kier molecular flexibility index (Phi) is 9.07. The minimum absolute atomic E-state index is 0.00734. The fourth-order valence-corrected chi connectivity index (χ4v) is 5.01. The Hall–Kier alpha value is -1.22. The predicted octanol–water partition coefficient (Wildman–Crippen LogP) is 4.98. The maximum Gasteiger partial charge on any atom is 0.303 e. The van der Waals surface area contributed by atoms with E-state index in [0.29, 0.717) is 12.8 Å². The van der Waals surface area contributed by atoms with Crippen molar-refractivity contribution in [3.8, 4) is 0 Å². The summed E-state index contributed by atoms with van der Waals surface area (Å²) in [5.74, 6) is -1.04. The van der Waals surface area contributed by atoms with E-state index in [1.807, 2.05) is 13.8 Å². The largest absolute Gasteiger partial charge is 0.481 e. The van der Waals surface area contributed by atoms with E-state index in [-0.39, 0.29) is 35.0 Å². The van der Waals surface area contributed by atoms with E-state index in [1.54, 1.807) is 12.1 Å². The smallest absolute Gasteiger partial charge is 0.303 e. The van der Waals surface area contributed by atoms with Gasteiger partial charge in [0.2, 0.25) is 0 Å². The summed E-state index contributed by atoms with van der Waals surface area (Å²) in [4.78, 5) is 11.0. The summed E-state index contributed by atoms with van der Waals surface area (Å²) in [5, 5.41) is 8.94. The average molecular weight is 445 g/mol. The lowest BCUT2D eigenvalue weighted by Gasteiger charge is -2.41. The van der Waals surface area contributed by atoms with E-state index in [9.17, 15) is 13.2 Å². The quantitative estimate of drug-likeness (QED) is 0.382. The minimum atomic E-state index is -3.85. The number of rotatable bonds is 11. The van der Waals surface area contributed by atoms with Gasteiger partial charge in [-0.2, -0.15) is 8.42 Å². The number of hydrogen-bond donors (Lipinski definition) is 1. The number of aliphatic carboxylic acids is 1. The monoisotopic (exact) mass is 444 g/mol. The van der Waals surface area contributed by atoms with E-state index in [2.05, 4.69) is 33.9 Å². The second kappa shape index (κ2) is 10.2. The summed E-state index contributed by atoms with van der Waals surface area (Å²) in [6.07, 6.45) is 0.827. The Balaban J connectivity index is 2.87. The topological polar surface area (TPSA) is 89.9 Å². The Morgan fingerprint density at radius 2 is 1.72 bits per heavy atom. The van der Waals surface area contributed by atoms with E-state index in [1.165, 1.54) is 12.1 Å². The molecule has 0 aliphatic rings. The van der Waals surface area contributed by atoms with Gasteiger partial charge in [0, 0.05) is 18.4 Å². The standard InChI is InChI=1S/C21H36O6SSi/c1-16-11-13-18(14-12-16)28(24,25)26-15-17(2)19(9-8-10-20(22)23)27-29(6,7)21(3,4)5/h11-14,17,19H,8-10,15H2,1-7H3,(H,22,23)/t17-,19-/m0/s1. The molecular weight excluding hydrogens is 408 g/mol. The first-order valence-corrected chi connectivity index (χ1v) is 14.3. The molecule has 0 saturated carbocycles. The zero-order valence-corrected chi connectivity index (χ0v) is 20.5. The fourth-order valence-electron chi connectivity index (χ4n) is 2.55. The van der Waals surface area contributed by atoms with Crippen molar-refractivity contribution in [1.82, 2.24) is 0 Å². The van der Waals surface area contributed by atoms with Gasteiger partial charge in [-0.1, -0.05) is 45.4 Å². The highest BCUT2D eigenvalue weighted by atomic mass is 32.2. The maximum absolute atomic E-state index is 12.5. The third-order valence-electron chi connectivity index (χ3n) is 5.56. The zero-order valence-electron chi connectivity index (χ0n) is 18.7. The minimum Gasteiger partial charge on any atom is -0.481 e. The normalized spacial score (nSPS) is 15.1. The second-order valence-electron chi connectivity index (χ2n) is 9.23. The molecule has 0 saturated heterocycles. The maximum atomic E-state index is 12.5. The van der Waals surface area contributed by atoms with Crippen LogP contribution in [0.3, 0.4) is 0 Å². The molecule has 29 heavy (non-hydrogen) atoms. The molecule has 2 atom stereocenters. The van der Waals surface area contributed by atoms with Gasteiger partial charge < -0.3 is 9.53 Å². The molecule has 0 radical (unpaired) electrons. The van der Waals surface area contributed by atoms with Crippen LogP contribution in [0.1, 0.15) is 52.5 Å². The van der Waals surface area contributed by atoms with Crippen LogP contribution < -0.4 is 0 Å². The van der Waals surface area contributed by atoms with Crippen LogP contribution in [0.15, 0.2) is 29.2 Å². The highest BCUT2D eigenvalue weighted by molar-refractivity contribution is 7.86. The number of benzene rings is 1. The molecule has 1 aromatic carbocycles. The Labute approximate surface area is 176 Å². The Morgan fingerprint density at radius 1 is 1.17 bits per heavy atom. The Morgan fingerprint density at radius 3 is 2.21 bits per heavy atom. The average Bonchev–Trinajstić information content (AvgIpc) is 2.58. The van der Waals surface area contributed by atoms with Crippen molar-refractivity contribution in [1.29, 1.82) is 0 Å². The molecule has 0 aliphatic carbocycles. The van der Waals surface area contributed by atoms with Crippen LogP contribution in [0.5, 0.6) is 0 Å². The van der Waals surface area contributed by atoms with Crippen molar-refractivity contribution >= 4 is 24.4 Å². The highest BCUT2D eigenvalue weighted by Gasteiger charge is 2.40. The van der Waals surface area contributed by atoms with Crippen LogP contribution in [-0.2, 0) is 23.5 Å². The lowest BCUT2D eigenvalue weighted by atomic mass is 10.0. The highest BCUT2D eigenvalue weighted by Crippen LogP contribution is 2.38. The molecule has 0 bridgehead atoms. The number of carboxylic acid groups (broad SMARTS) is 1. The van der Waals surface area contributed by atoms with Gasteiger partial charge in [-0.15, -0.1) is 0 Å². The molecular formula is C21H36O6SSi. The van der Waals surface area contributed by atoms with Gasteiger partial charge in [0.05, 0.1) is 11.5 Å². The van der Waals surface area contributed by atoms with Crippen molar-refractivity contribution in [2.24, 2.45) is 5.92 Å². The van der Waals surface area contributed by atoms with Gasteiger partial charge in [-0.05, 0) is 50.0 Å². The van der Waals surface area contributed by atoms with Crippen LogP contribution in [0, 0.1) is 12.8 Å². The first kappa shape index (κ1) is 25.8. The first-order chi connectivity index (χ1) is 13.2. The molecule has 0 heterocycles. The molecule has 8 heteroatoms. The van der Waals surface area contributed by atoms with Crippen LogP contribution in [0.4, 0.5) is 0 Å². The molecule has 0 fully saturated rings. The molecule has 0 unspecified atom stereocenters. The van der Waals surface area contributed by atoms with Crippen LogP contribution in [0.2, 0.25) is 18.1 Å². The molecule has 6 nitrogen and oxygen atoms in total. The van der Waals surface area contributed by atoms with Crippen molar-refractivity contribution in [3.05, 3.63) is 29.8 Å². The SMILES string of the molecule is Cc1ccc(S(=O)(=O)OC[C@H](C)[C@H](CCCC(=O)O)O[Si](C)(C)C(C)(C)C)cc1. The van der Waals surface area contributed by atoms with Gasteiger partial charge in [-0.3, -0.25) is 8.98 Å². The Bertz CT molecular complexity index is 765. The summed E-state index contributed by atoms with van der Waals surface area (Å²) >= 11 is 0. The molecule has 1 N–H and O–H groups in total. The third-order valence-corrected chi connectivity index (χ3v) is 11.4. The lowest BCUT2D eigenvalue weighted by Crippen LogP contribution is -2.46. The summed E-state index contributed by atoms with van der Waals surface area (Å²) in [6, 6.07) is 6.53. The van der Waals surface area contributed by atoms with E-state index < -0.39 is 24.4 Å². The van der Waals surface area contributed by atoms with Gasteiger partial charge >= 0.3 is 5.97 Å². The summed E-state index contributed by atoms with van der Waals surface area (Å²) < 4.78 is 36.8. The van der Waals surface area contributed by atoms with Crippen LogP contribution in [-0.4, -0.2) is 40.5 Å². The zero-order chi connectivity index (χ0) is 22.5. The summed E-state index contributed by atoms with van der Waals surface area (Å²) in [6.45, 7) is 14.4. The summed E-state index contributed by atoms with van der Waals surface area (Å²) in [7, 11) is -5.96. The van der Waals surface area contributed by atoms with Crippen molar-refractivity contribution in [3.63, 3.8) is 0 Å². The third kappa shape index (κ3) is 8.20. The molecule has 0 aliphatic heterocycles. The van der Waals surface area contributed by atoms with Crippen LogP contribution >= 0.6 is 0 Å². The molecule has 1 aromatic rings. The second-order valence-corrected chi connectivity index (χ2v) is 15.6. The fraction of sp³-hybridized carbons (Fsp3) is 0.667. The summed E-state index contributed by atoms with van der Waals surface area (Å²) in [5.41, 5.74) is 0.971. The van der Waals surface area contributed by atoms with E-state index in [0.717, 1.165) is 5.56 Å². The van der Waals surface area contributed by atoms with E-state index in [4.69, 9.17) is 13.7 Å². The molecule has 0 amide bonds. The predicted molar refractivity (Wildman–Crippen MR) is 117 cm³/mol. The van der Waals surface area contributed by atoms with Gasteiger partial charge in [-0.25, -0.2) is 0 Å². The number of carbonyl (C=O) groups is 1. The van der Waals surface area contributed by atoms with E-state index >= 15 is 0 Å². The van der Waals surface area contributed by atoms with Gasteiger partial charge in [0.25, 0.3) is 10.1 Å². The van der Waals surface area contributed by atoms with Crippen molar-refractivity contribution in [2.75, 3.05) is 6.61 Å². The van der Waals surface area contributed by atoms with Gasteiger partial charge in [0.1, 0.15) is 0 Å². The lowest BCUT2D eigenvalue weighted by molar-refractivity contribution is -0.137. The molecule has 0 spiro atoms. The number of aryl methyl sites for hydroxylation is 1. The van der Waals surface area contributed by atoms with Crippen molar-refractivity contribution in [2.45, 2.75) is 83.0 Å². The van der Waals surface area contributed by atoms with Gasteiger partial charge in [0.15, 0.2) is 8.32 Å². The molecule has 1 rings (SSSR count). The number of carboxylic acids is 1. The van der Waals surface area contributed by atoms with Crippen molar-refractivity contribution < 1.29 is 26.9 Å². The number of hydrogen-bond acceptors (Lipinski definition) is 5.